The lowest BCUT2D eigenvalue weighted by molar-refractivity contribution is -0.886. The summed E-state index contributed by atoms with van der Waals surface area (Å²) in [6.45, 7) is 3.00. The first-order valence-corrected chi connectivity index (χ1v) is 7.25. The number of aryl methyl sites for hydroxylation is 1. The van der Waals surface area contributed by atoms with E-state index in [4.69, 9.17) is 4.42 Å². The first-order valence-electron chi connectivity index (χ1n) is 6.45. The van der Waals surface area contributed by atoms with Gasteiger partial charge in [0.05, 0.1) is 12.7 Å². The molecule has 5 heteroatoms. The second-order valence-corrected chi connectivity index (χ2v) is 5.71. The monoisotopic (exact) mass is 337 g/mol. The number of nitrogens with one attached hydrogen (secondary N) is 2. The largest absolute Gasteiger partial charge is 0.460 e. The number of furan rings is 1. The van der Waals surface area contributed by atoms with E-state index in [0.717, 1.165) is 26.6 Å². The van der Waals surface area contributed by atoms with Crippen molar-refractivity contribution in [2.24, 2.45) is 0 Å². The lowest BCUT2D eigenvalue weighted by Crippen LogP contribution is -3.08. The average Bonchev–Trinajstić information content (AvgIpc) is 2.77. The Morgan fingerprint density at radius 3 is 2.70 bits per heavy atom. The van der Waals surface area contributed by atoms with Crippen LogP contribution in [-0.4, -0.2) is 19.5 Å². The number of carbonyl (C=O) groups is 1. The minimum absolute atomic E-state index is 0.0160. The first kappa shape index (κ1) is 14.8. The highest BCUT2D eigenvalue weighted by Crippen LogP contribution is 2.20. The number of benzene rings is 1. The Hall–Kier alpha value is -1.59. The molecule has 2 rings (SSSR count). The Morgan fingerprint density at radius 1 is 1.30 bits per heavy atom. The third kappa shape index (κ3) is 4.21. The van der Waals surface area contributed by atoms with Crippen molar-refractivity contribution < 1.29 is 14.1 Å². The molecule has 1 unspecified atom stereocenters. The summed E-state index contributed by atoms with van der Waals surface area (Å²) in [5.74, 6) is 1.77. The van der Waals surface area contributed by atoms with E-state index in [0.29, 0.717) is 13.1 Å². The third-order valence-electron chi connectivity index (χ3n) is 2.88. The van der Waals surface area contributed by atoms with Crippen molar-refractivity contribution in [3.8, 4) is 0 Å². The van der Waals surface area contributed by atoms with Crippen LogP contribution in [-0.2, 0) is 11.3 Å². The quantitative estimate of drug-likeness (QED) is 0.876. The molecular weight excluding hydrogens is 320 g/mol. The van der Waals surface area contributed by atoms with Crippen molar-refractivity contribution in [3.63, 3.8) is 0 Å². The highest BCUT2D eigenvalue weighted by atomic mass is 79.9. The van der Waals surface area contributed by atoms with E-state index in [9.17, 15) is 4.79 Å². The van der Waals surface area contributed by atoms with Gasteiger partial charge in [-0.15, -0.1) is 0 Å². The van der Waals surface area contributed by atoms with E-state index in [1.807, 2.05) is 50.4 Å². The second-order valence-electron chi connectivity index (χ2n) is 4.85. The molecule has 0 saturated heterocycles. The van der Waals surface area contributed by atoms with Crippen LogP contribution in [0.4, 0.5) is 5.69 Å². The van der Waals surface area contributed by atoms with Crippen molar-refractivity contribution >= 4 is 27.5 Å². The number of anilines is 1. The number of rotatable bonds is 5. The molecule has 0 aliphatic rings. The van der Waals surface area contributed by atoms with E-state index in [2.05, 4.69) is 21.2 Å². The van der Waals surface area contributed by atoms with Gasteiger partial charge in [0.1, 0.15) is 12.3 Å². The standard InChI is InChI=1S/C15H17BrN2O2/c1-11-7-8-12(20-11)9-18(2)10-15(19)17-14-6-4-3-5-13(14)16/h3-8H,9-10H2,1-2H3,(H,17,19)/p+1. The Labute approximate surface area is 126 Å². The summed E-state index contributed by atoms with van der Waals surface area (Å²) in [5.41, 5.74) is 0.791. The highest BCUT2D eigenvalue weighted by Gasteiger charge is 2.13. The normalized spacial score (nSPS) is 12.2. The van der Waals surface area contributed by atoms with Crippen LogP contribution in [0.25, 0.3) is 0 Å². The molecule has 1 atom stereocenters. The van der Waals surface area contributed by atoms with Crippen molar-refractivity contribution in [3.05, 3.63) is 52.4 Å². The van der Waals surface area contributed by atoms with Crippen molar-refractivity contribution in [2.75, 3.05) is 18.9 Å². The molecule has 0 radical (unpaired) electrons. The Balaban J connectivity index is 1.86. The van der Waals surface area contributed by atoms with E-state index >= 15 is 0 Å². The van der Waals surface area contributed by atoms with E-state index < -0.39 is 0 Å². The predicted molar refractivity (Wildman–Crippen MR) is 81.7 cm³/mol. The Kier molecular flexibility index (Phi) is 4.98. The highest BCUT2D eigenvalue weighted by molar-refractivity contribution is 9.10. The number of hydrogen-bond donors (Lipinski definition) is 2. The molecule has 0 aliphatic carbocycles. The zero-order valence-electron chi connectivity index (χ0n) is 11.6. The molecule has 0 fully saturated rings. The smallest absolute Gasteiger partial charge is 0.279 e. The zero-order chi connectivity index (χ0) is 14.5. The van der Waals surface area contributed by atoms with Crippen LogP contribution in [0.1, 0.15) is 11.5 Å². The SMILES string of the molecule is Cc1ccc(C[NH+](C)CC(=O)Nc2ccccc2Br)o1. The third-order valence-corrected chi connectivity index (χ3v) is 3.57. The van der Waals surface area contributed by atoms with E-state index in [1.54, 1.807) is 0 Å². The molecule has 0 aliphatic heterocycles. The van der Waals surface area contributed by atoms with Crippen LogP contribution in [0, 0.1) is 6.92 Å². The van der Waals surface area contributed by atoms with Gasteiger partial charge in [-0.05, 0) is 47.1 Å². The van der Waals surface area contributed by atoms with Gasteiger partial charge in [0, 0.05) is 4.47 Å². The Morgan fingerprint density at radius 2 is 2.05 bits per heavy atom. The number of hydrogen-bond acceptors (Lipinski definition) is 2. The van der Waals surface area contributed by atoms with Crippen molar-refractivity contribution in [2.45, 2.75) is 13.5 Å². The molecular formula is C15H18BrN2O2+. The molecule has 4 nitrogen and oxygen atoms in total. The van der Waals surface area contributed by atoms with Gasteiger partial charge in [0.2, 0.25) is 0 Å². The number of carbonyl (C=O) groups excluding carboxylic acids is 1. The maximum absolute atomic E-state index is 12.0. The van der Waals surface area contributed by atoms with Gasteiger partial charge in [0.15, 0.2) is 12.3 Å². The fourth-order valence-corrected chi connectivity index (χ4v) is 2.36. The Bertz CT molecular complexity index is 595. The number of halogens is 1. The summed E-state index contributed by atoms with van der Waals surface area (Å²) in [7, 11) is 1.97. The molecule has 106 valence electrons. The minimum atomic E-state index is -0.0160. The summed E-state index contributed by atoms with van der Waals surface area (Å²) in [5, 5.41) is 2.89. The summed E-state index contributed by atoms with van der Waals surface area (Å²) >= 11 is 3.41. The molecule has 0 spiro atoms. The van der Waals surface area contributed by atoms with Gasteiger partial charge in [-0.25, -0.2) is 0 Å². The van der Waals surface area contributed by atoms with Crippen LogP contribution in [0.15, 0.2) is 45.3 Å². The average molecular weight is 338 g/mol. The molecule has 1 amide bonds. The molecule has 2 aromatic rings. The topological polar surface area (TPSA) is 46.7 Å². The fourth-order valence-electron chi connectivity index (χ4n) is 1.97. The van der Waals surface area contributed by atoms with Gasteiger partial charge in [-0.2, -0.15) is 0 Å². The van der Waals surface area contributed by atoms with Gasteiger partial charge >= 0.3 is 0 Å². The van der Waals surface area contributed by atoms with Crippen molar-refractivity contribution in [1.29, 1.82) is 0 Å². The van der Waals surface area contributed by atoms with Crippen LogP contribution in [0.3, 0.4) is 0 Å². The summed E-state index contributed by atoms with van der Waals surface area (Å²) in [4.78, 5) is 13.1. The molecule has 20 heavy (non-hydrogen) atoms. The van der Waals surface area contributed by atoms with Crippen LogP contribution in [0.5, 0.6) is 0 Å². The van der Waals surface area contributed by atoms with Crippen LogP contribution < -0.4 is 10.2 Å². The van der Waals surface area contributed by atoms with Crippen molar-refractivity contribution in [1.82, 2.24) is 0 Å². The maximum atomic E-state index is 12.0. The number of para-hydroxylation sites is 1. The van der Waals surface area contributed by atoms with Gasteiger partial charge in [0.25, 0.3) is 5.91 Å². The van der Waals surface area contributed by atoms with Gasteiger partial charge < -0.3 is 14.6 Å². The van der Waals surface area contributed by atoms with E-state index in [-0.39, 0.29) is 5.91 Å². The van der Waals surface area contributed by atoms with Crippen LogP contribution in [0.2, 0.25) is 0 Å². The molecule has 0 bridgehead atoms. The van der Waals surface area contributed by atoms with E-state index in [1.165, 1.54) is 0 Å². The summed E-state index contributed by atoms with van der Waals surface area (Å²) in [6.07, 6.45) is 0. The lowest BCUT2D eigenvalue weighted by Gasteiger charge is -2.13. The molecule has 1 heterocycles. The molecule has 1 aromatic carbocycles. The fraction of sp³-hybridized carbons (Fsp3) is 0.267. The molecule has 1 aromatic heterocycles. The van der Waals surface area contributed by atoms with Gasteiger partial charge in [-0.1, -0.05) is 12.1 Å². The second kappa shape index (κ2) is 6.72. The van der Waals surface area contributed by atoms with Gasteiger partial charge in [-0.3, -0.25) is 4.79 Å². The molecule has 2 N–H and O–H groups in total. The van der Waals surface area contributed by atoms with Crippen LogP contribution >= 0.6 is 15.9 Å². The zero-order valence-corrected chi connectivity index (χ0v) is 13.2. The first-order chi connectivity index (χ1) is 9.54. The lowest BCUT2D eigenvalue weighted by atomic mass is 10.3. The number of likely N-dealkylation sites (N-methyl/N-ethyl adjacent to an activating group) is 1. The summed E-state index contributed by atoms with van der Waals surface area (Å²) in [6, 6.07) is 11.5. The minimum Gasteiger partial charge on any atom is -0.460 e. The number of amides is 1. The summed E-state index contributed by atoms with van der Waals surface area (Å²) < 4.78 is 6.40. The number of quaternary nitrogens is 1. The maximum Gasteiger partial charge on any atom is 0.279 e. The predicted octanol–water partition coefficient (Wildman–Crippen LogP) is 2.00. The molecule has 0 saturated carbocycles.